The molecule has 1 aliphatic heterocycles. The number of carbonyl (C=O) groups excluding carboxylic acids is 1. The zero-order chi connectivity index (χ0) is 20.8. The second-order valence-electron chi connectivity index (χ2n) is 7.94. The molecule has 1 N–H and O–H groups in total. The van der Waals surface area contributed by atoms with Gasteiger partial charge in [-0.25, -0.2) is 4.39 Å². The maximum absolute atomic E-state index is 13.4. The Hall–Kier alpha value is -1.93. The molecular formula is C21H30FN5OS. The Labute approximate surface area is 176 Å². The summed E-state index contributed by atoms with van der Waals surface area (Å²) in [6, 6.07) is 6.44. The Morgan fingerprint density at radius 2 is 1.83 bits per heavy atom. The van der Waals surface area contributed by atoms with Gasteiger partial charge in [-0.15, -0.1) is 10.2 Å². The Bertz CT molecular complexity index is 802. The number of benzene rings is 1. The standard InChI is InChI=1S/C21H30FN5OS/c1-15(2)16(3)23-20(28)14-29-21-25-24-19(13-26-11-5-4-6-12-26)27(21)18-9-7-17(22)8-10-18/h7-10,15-16H,4-6,11-14H2,1-3H3,(H,23,28). The second kappa shape index (κ2) is 10.2. The van der Waals surface area contributed by atoms with Crippen LogP contribution >= 0.6 is 11.8 Å². The van der Waals surface area contributed by atoms with Crippen molar-refractivity contribution < 1.29 is 9.18 Å². The van der Waals surface area contributed by atoms with Crippen LogP contribution in [-0.2, 0) is 11.3 Å². The summed E-state index contributed by atoms with van der Waals surface area (Å²) < 4.78 is 15.4. The van der Waals surface area contributed by atoms with E-state index in [1.54, 1.807) is 12.1 Å². The first kappa shape index (κ1) is 21.8. The number of rotatable bonds is 8. The van der Waals surface area contributed by atoms with E-state index < -0.39 is 0 Å². The molecule has 1 atom stereocenters. The minimum atomic E-state index is -0.282. The van der Waals surface area contributed by atoms with Crippen LogP contribution in [0.3, 0.4) is 0 Å². The largest absolute Gasteiger partial charge is 0.353 e. The van der Waals surface area contributed by atoms with E-state index in [1.165, 1.54) is 43.2 Å². The van der Waals surface area contributed by atoms with Crippen molar-refractivity contribution in [3.8, 4) is 5.69 Å². The highest BCUT2D eigenvalue weighted by molar-refractivity contribution is 7.99. The van der Waals surface area contributed by atoms with Crippen LogP contribution in [0.4, 0.5) is 4.39 Å². The van der Waals surface area contributed by atoms with E-state index >= 15 is 0 Å². The van der Waals surface area contributed by atoms with Crippen molar-refractivity contribution in [1.82, 2.24) is 25.0 Å². The van der Waals surface area contributed by atoms with Crippen molar-refractivity contribution in [2.45, 2.75) is 57.8 Å². The first-order valence-corrected chi connectivity index (χ1v) is 11.3. The zero-order valence-corrected chi connectivity index (χ0v) is 18.2. The van der Waals surface area contributed by atoms with Gasteiger partial charge in [0.15, 0.2) is 11.0 Å². The van der Waals surface area contributed by atoms with Gasteiger partial charge in [0.05, 0.1) is 12.3 Å². The van der Waals surface area contributed by atoms with Crippen LogP contribution in [0, 0.1) is 11.7 Å². The van der Waals surface area contributed by atoms with Gasteiger partial charge < -0.3 is 5.32 Å². The van der Waals surface area contributed by atoms with Crippen LogP contribution in [0.5, 0.6) is 0 Å². The number of halogens is 1. The summed E-state index contributed by atoms with van der Waals surface area (Å²) in [5.74, 6) is 1.15. The molecule has 29 heavy (non-hydrogen) atoms. The van der Waals surface area contributed by atoms with Crippen molar-refractivity contribution in [2.75, 3.05) is 18.8 Å². The van der Waals surface area contributed by atoms with Gasteiger partial charge in [-0.2, -0.15) is 0 Å². The molecule has 1 aromatic carbocycles. The van der Waals surface area contributed by atoms with Crippen molar-refractivity contribution in [1.29, 1.82) is 0 Å². The molecule has 2 aromatic rings. The van der Waals surface area contributed by atoms with Gasteiger partial charge in [0, 0.05) is 11.7 Å². The van der Waals surface area contributed by atoms with Gasteiger partial charge in [-0.1, -0.05) is 32.0 Å². The fraction of sp³-hybridized carbons (Fsp3) is 0.571. The number of amides is 1. The lowest BCUT2D eigenvalue weighted by molar-refractivity contribution is -0.119. The van der Waals surface area contributed by atoms with Gasteiger partial charge in [-0.05, 0) is 63.0 Å². The van der Waals surface area contributed by atoms with Gasteiger partial charge in [-0.3, -0.25) is 14.3 Å². The molecule has 8 heteroatoms. The number of hydrogen-bond acceptors (Lipinski definition) is 5. The Kier molecular flexibility index (Phi) is 7.66. The molecule has 1 amide bonds. The molecule has 3 rings (SSSR count). The number of aromatic nitrogens is 3. The average Bonchev–Trinajstić information content (AvgIpc) is 3.10. The highest BCUT2D eigenvalue weighted by Gasteiger charge is 2.20. The number of thioether (sulfide) groups is 1. The maximum atomic E-state index is 13.4. The van der Waals surface area contributed by atoms with Crippen molar-refractivity contribution in [3.05, 3.63) is 35.9 Å². The third kappa shape index (κ3) is 6.02. The predicted molar refractivity (Wildman–Crippen MR) is 114 cm³/mol. The molecular weight excluding hydrogens is 389 g/mol. The van der Waals surface area contributed by atoms with E-state index in [-0.39, 0.29) is 23.5 Å². The van der Waals surface area contributed by atoms with E-state index in [2.05, 4.69) is 34.3 Å². The van der Waals surface area contributed by atoms with Crippen molar-refractivity contribution in [3.63, 3.8) is 0 Å². The Morgan fingerprint density at radius 3 is 2.48 bits per heavy atom. The first-order valence-electron chi connectivity index (χ1n) is 10.3. The minimum absolute atomic E-state index is 0.0255. The van der Waals surface area contributed by atoms with Gasteiger partial charge in [0.2, 0.25) is 5.91 Å². The summed E-state index contributed by atoms with van der Waals surface area (Å²) in [4.78, 5) is 14.7. The normalized spacial score (nSPS) is 16.2. The molecule has 2 heterocycles. The summed E-state index contributed by atoms with van der Waals surface area (Å²) in [5, 5.41) is 12.4. The lowest BCUT2D eigenvalue weighted by atomic mass is 10.1. The molecule has 6 nitrogen and oxygen atoms in total. The third-order valence-corrected chi connectivity index (χ3v) is 6.25. The number of nitrogens with one attached hydrogen (secondary N) is 1. The summed E-state index contributed by atoms with van der Waals surface area (Å²) in [7, 11) is 0. The maximum Gasteiger partial charge on any atom is 0.230 e. The van der Waals surface area contributed by atoms with E-state index in [0.29, 0.717) is 17.6 Å². The number of likely N-dealkylation sites (tertiary alicyclic amines) is 1. The van der Waals surface area contributed by atoms with Crippen LogP contribution in [0.15, 0.2) is 29.4 Å². The number of nitrogens with zero attached hydrogens (tertiary/aromatic N) is 4. The van der Waals surface area contributed by atoms with Gasteiger partial charge in [0.25, 0.3) is 0 Å². The molecule has 0 radical (unpaired) electrons. The second-order valence-corrected chi connectivity index (χ2v) is 8.88. The zero-order valence-electron chi connectivity index (χ0n) is 17.4. The van der Waals surface area contributed by atoms with E-state index in [9.17, 15) is 9.18 Å². The number of hydrogen-bond donors (Lipinski definition) is 1. The lowest BCUT2D eigenvalue weighted by Gasteiger charge is -2.26. The quantitative estimate of drug-likeness (QED) is 0.662. The van der Waals surface area contributed by atoms with Crippen LogP contribution in [-0.4, -0.2) is 50.5 Å². The molecule has 1 saturated heterocycles. The molecule has 1 aromatic heterocycles. The lowest BCUT2D eigenvalue weighted by Crippen LogP contribution is -2.37. The molecule has 1 fully saturated rings. The molecule has 158 valence electrons. The Balaban J connectivity index is 1.77. The molecule has 0 bridgehead atoms. The number of carbonyl (C=O) groups is 1. The van der Waals surface area contributed by atoms with Crippen molar-refractivity contribution in [2.24, 2.45) is 5.92 Å². The van der Waals surface area contributed by atoms with E-state index in [1.807, 2.05) is 11.5 Å². The molecule has 0 aliphatic carbocycles. The summed E-state index contributed by atoms with van der Waals surface area (Å²) >= 11 is 1.36. The minimum Gasteiger partial charge on any atom is -0.353 e. The van der Waals surface area contributed by atoms with Crippen molar-refractivity contribution >= 4 is 17.7 Å². The molecule has 0 spiro atoms. The van der Waals surface area contributed by atoms with Crippen LogP contribution in [0.1, 0.15) is 45.9 Å². The molecule has 0 saturated carbocycles. The topological polar surface area (TPSA) is 63.1 Å². The monoisotopic (exact) mass is 419 g/mol. The van der Waals surface area contributed by atoms with Crippen LogP contribution in [0.25, 0.3) is 5.69 Å². The average molecular weight is 420 g/mol. The third-order valence-electron chi connectivity index (χ3n) is 5.32. The fourth-order valence-corrected chi connectivity index (χ4v) is 4.04. The smallest absolute Gasteiger partial charge is 0.230 e. The Morgan fingerprint density at radius 1 is 1.14 bits per heavy atom. The SMILES string of the molecule is CC(C)C(C)NC(=O)CSc1nnc(CN2CCCCC2)n1-c1ccc(F)cc1. The van der Waals surface area contributed by atoms with Gasteiger partial charge >= 0.3 is 0 Å². The summed E-state index contributed by atoms with van der Waals surface area (Å²) in [6.45, 7) is 8.96. The van der Waals surface area contributed by atoms with E-state index in [4.69, 9.17) is 0 Å². The van der Waals surface area contributed by atoms with Crippen LogP contribution in [0.2, 0.25) is 0 Å². The summed E-state index contributed by atoms with van der Waals surface area (Å²) in [6.07, 6.45) is 3.66. The number of piperidine rings is 1. The first-order chi connectivity index (χ1) is 13.9. The highest BCUT2D eigenvalue weighted by Crippen LogP contribution is 2.24. The predicted octanol–water partition coefficient (Wildman–Crippen LogP) is 3.65. The summed E-state index contributed by atoms with van der Waals surface area (Å²) in [5.41, 5.74) is 0.807. The fourth-order valence-electron chi connectivity index (χ4n) is 3.26. The highest BCUT2D eigenvalue weighted by atomic mass is 32.2. The molecule has 1 aliphatic rings. The van der Waals surface area contributed by atoms with Crippen LogP contribution < -0.4 is 5.32 Å². The van der Waals surface area contributed by atoms with Gasteiger partial charge in [0.1, 0.15) is 5.82 Å². The van der Waals surface area contributed by atoms with E-state index in [0.717, 1.165) is 24.6 Å². The molecule has 1 unspecified atom stereocenters.